The molecule has 0 spiro atoms. The van der Waals surface area contributed by atoms with Gasteiger partial charge in [0.2, 0.25) is 11.8 Å². The van der Waals surface area contributed by atoms with Crippen molar-refractivity contribution in [3.63, 3.8) is 0 Å². The molecule has 3 aliphatic heterocycles. The number of thioether (sulfide) groups is 1. The van der Waals surface area contributed by atoms with E-state index in [-0.39, 0.29) is 49.3 Å². The third-order valence-corrected chi connectivity index (χ3v) is 8.84. The van der Waals surface area contributed by atoms with E-state index < -0.39 is 16.7 Å². The van der Waals surface area contributed by atoms with Crippen molar-refractivity contribution in [2.24, 2.45) is 0 Å². The summed E-state index contributed by atoms with van der Waals surface area (Å²) >= 11 is 1.89. The summed E-state index contributed by atoms with van der Waals surface area (Å²) in [7, 11) is 0. The molecule has 0 saturated carbocycles. The molecule has 3 heterocycles. The monoisotopic (exact) mass is 569 g/mol. The molecule has 5 amide bonds. The molecular formula is C26H43N5O7S. The van der Waals surface area contributed by atoms with Crippen molar-refractivity contribution in [1.29, 1.82) is 0 Å². The van der Waals surface area contributed by atoms with E-state index in [1.165, 1.54) is 0 Å². The normalized spacial score (nSPS) is 25.6. The van der Waals surface area contributed by atoms with Crippen LogP contribution in [-0.4, -0.2) is 77.3 Å². The number of hydrogen-bond acceptors (Lipinski definition) is 8. The zero-order valence-electron chi connectivity index (χ0n) is 22.7. The second kappa shape index (κ2) is 16.0. The topological polar surface area (TPSA) is 166 Å². The Balaban J connectivity index is 1.07. The van der Waals surface area contributed by atoms with Gasteiger partial charge in [-0.3, -0.25) is 14.4 Å². The Morgan fingerprint density at radius 1 is 0.897 bits per heavy atom. The van der Waals surface area contributed by atoms with Crippen molar-refractivity contribution in [3.8, 4) is 0 Å². The van der Waals surface area contributed by atoms with Crippen LogP contribution in [0.15, 0.2) is 0 Å². The second-order valence-corrected chi connectivity index (χ2v) is 11.8. The van der Waals surface area contributed by atoms with Crippen molar-refractivity contribution in [3.05, 3.63) is 5.21 Å². The van der Waals surface area contributed by atoms with Gasteiger partial charge in [-0.2, -0.15) is 11.8 Å². The average Bonchev–Trinajstić information content (AvgIpc) is 3.55. The van der Waals surface area contributed by atoms with E-state index in [2.05, 4.69) is 21.3 Å². The van der Waals surface area contributed by atoms with Crippen molar-refractivity contribution in [2.75, 3.05) is 25.4 Å². The third-order valence-electron chi connectivity index (χ3n) is 7.34. The lowest BCUT2D eigenvalue weighted by molar-refractivity contribution is -0.979. The SMILES string of the molecule is O=C(CCCCCNC(=O)CCCCC1SC[C@@H]2NC(=O)N[C@H]12)NCCCCCC(=O)O[N+]1([O-])CCCC1=O. The van der Waals surface area contributed by atoms with Gasteiger partial charge in [-0.05, 0) is 38.5 Å². The number of hydroxylamine groups is 4. The first kappa shape index (κ1) is 31.2. The molecule has 0 aromatic carbocycles. The summed E-state index contributed by atoms with van der Waals surface area (Å²) < 4.78 is 0. The number of amides is 5. The van der Waals surface area contributed by atoms with E-state index in [9.17, 15) is 29.2 Å². The number of carbonyl (C=O) groups excluding carboxylic acids is 5. The van der Waals surface area contributed by atoms with Crippen molar-refractivity contribution < 1.29 is 33.6 Å². The summed E-state index contributed by atoms with van der Waals surface area (Å²) in [5.74, 6) is -0.256. The van der Waals surface area contributed by atoms with Crippen LogP contribution in [0.3, 0.4) is 0 Å². The van der Waals surface area contributed by atoms with Crippen molar-refractivity contribution >= 4 is 41.5 Å². The Labute approximate surface area is 234 Å². The summed E-state index contributed by atoms with van der Waals surface area (Å²) in [6, 6.07) is 0.381. The van der Waals surface area contributed by atoms with Crippen LogP contribution in [0.2, 0.25) is 0 Å². The standard InChI is InChI=1S/C26H43N5O7S/c32-21(27-16-8-2-4-14-24(35)38-31(37)17-9-13-23(31)34)11-3-1-7-15-28-22(33)12-6-5-10-20-25-19(18-39-20)29-26(36)30-25/h19-20,25H,1-18H2,(H,27,32)(H,28,33)(H2,29,30,36)/t19-,20?,25-,31?/m0/s1. The molecule has 3 saturated heterocycles. The maximum Gasteiger partial charge on any atom is 0.367 e. The number of carbonyl (C=O) groups is 5. The molecule has 0 aliphatic carbocycles. The highest BCUT2D eigenvalue weighted by atomic mass is 32.2. The number of quaternary nitrogens is 1. The fourth-order valence-electron chi connectivity index (χ4n) is 5.11. The maximum atomic E-state index is 12.0. The van der Waals surface area contributed by atoms with Crippen LogP contribution in [0.1, 0.15) is 89.9 Å². The number of hydrogen-bond donors (Lipinski definition) is 4. The largest absolute Gasteiger partial charge is 0.582 e. The molecule has 0 aromatic heterocycles. The molecule has 3 rings (SSSR count). The highest BCUT2D eigenvalue weighted by molar-refractivity contribution is 8.00. The molecular weight excluding hydrogens is 526 g/mol. The fourth-order valence-corrected chi connectivity index (χ4v) is 6.65. The van der Waals surface area contributed by atoms with Gasteiger partial charge in [-0.25, -0.2) is 14.4 Å². The van der Waals surface area contributed by atoms with Gasteiger partial charge in [0, 0.05) is 43.4 Å². The molecule has 0 bridgehead atoms. The van der Waals surface area contributed by atoms with Crippen molar-refractivity contribution in [1.82, 2.24) is 21.3 Å². The molecule has 13 heteroatoms. The molecule has 12 nitrogen and oxygen atoms in total. The zero-order valence-corrected chi connectivity index (χ0v) is 23.5. The molecule has 0 radical (unpaired) electrons. The summed E-state index contributed by atoms with van der Waals surface area (Å²) in [4.78, 5) is 62.0. The minimum atomic E-state index is -1.48. The molecule has 4 N–H and O–H groups in total. The first-order valence-electron chi connectivity index (χ1n) is 14.3. The molecule has 3 aliphatic rings. The molecule has 220 valence electrons. The average molecular weight is 570 g/mol. The summed E-state index contributed by atoms with van der Waals surface area (Å²) in [5.41, 5.74) is 0. The zero-order chi connectivity index (χ0) is 28.1. The fraction of sp³-hybridized carbons (Fsp3) is 0.808. The number of rotatable bonds is 18. The van der Waals surface area contributed by atoms with Crippen LogP contribution >= 0.6 is 11.8 Å². The van der Waals surface area contributed by atoms with Crippen LogP contribution < -0.4 is 21.3 Å². The van der Waals surface area contributed by atoms with Crippen LogP contribution in [0.5, 0.6) is 0 Å². The Hall–Kier alpha value is -2.38. The van der Waals surface area contributed by atoms with Crippen LogP contribution in [0, 0.1) is 5.21 Å². The van der Waals surface area contributed by atoms with E-state index in [1.807, 2.05) is 11.8 Å². The maximum absolute atomic E-state index is 12.0. The Bertz CT molecular complexity index is 876. The lowest BCUT2D eigenvalue weighted by atomic mass is 10.0. The number of unbranched alkanes of at least 4 members (excludes halogenated alkanes) is 5. The summed E-state index contributed by atoms with van der Waals surface area (Å²) in [5, 5.41) is 24.2. The predicted molar refractivity (Wildman–Crippen MR) is 146 cm³/mol. The molecule has 4 atom stereocenters. The van der Waals surface area contributed by atoms with Gasteiger partial charge in [0.1, 0.15) is 6.54 Å². The predicted octanol–water partition coefficient (Wildman–Crippen LogP) is 2.16. The Morgan fingerprint density at radius 2 is 1.54 bits per heavy atom. The van der Waals surface area contributed by atoms with Gasteiger partial charge in [-0.15, -0.1) is 4.81 Å². The second-order valence-electron chi connectivity index (χ2n) is 10.5. The molecule has 39 heavy (non-hydrogen) atoms. The highest BCUT2D eigenvalue weighted by Crippen LogP contribution is 2.33. The smallest absolute Gasteiger partial charge is 0.367 e. The van der Waals surface area contributed by atoms with Crippen LogP contribution in [0.4, 0.5) is 4.79 Å². The van der Waals surface area contributed by atoms with E-state index >= 15 is 0 Å². The van der Waals surface area contributed by atoms with Gasteiger partial charge in [0.05, 0.1) is 24.9 Å². The van der Waals surface area contributed by atoms with Crippen LogP contribution in [-0.2, 0) is 24.0 Å². The lowest BCUT2D eigenvalue weighted by Crippen LogP contribution is -2.44. The third kappa shape index (κ3) is 10.6. The molecule has 0 aromatic rings. The van der Waals surface area contributed by atoms with E-state index in [4.69, 9.17) is 4.84 Å². The number of nitrogens with one attached hydrogen (secondary N) is 4. The molecule has 2 unspecified atom stereocenters. The minimum Gasteiger partial charge on any atom is -0.582 e. The van der Waals surface area contributed by atoms with Gasteiger partial charge < -0.3 is 26.5 Å². The lowest BCUT2D eigenvalue weighted by Gasteiger charge is -2.30. The minimum absolute atomic E-state index is 0.00538. The summed E-state index contributed by atoms with van der Waals surface area (Å²) in [6.07, 6.45) is 8.84. The quantitative estimate of drug-likeness (QED) is 0.0843. The summed E-state index contributed by atoms with van der Waals surface area (Å²) in [6.45, 7) is 1.13. The first-order valence-corrected chi connectivity index (χ1v) is 15.4. The van der Waals surface area contributed by atoms with Crippen molar-refractivity contribution in [2.45, 2.75) is 107 Å². The number of urea groups is 1. The molecule has 3 fully saturated rings. The number of fused-ring (bicyclic) bond motifs is 1. The van der Waals surface area contributed by atoms with Gasteiger partial charge in [0.15, 0.2) is 0 Å². The Kier molecular flexibility index (Phi) is 12.8. The van der Waals surface area contributed by atoms with Gasteiger partial charge in [0.25, 0.3) is 0 Å². The Morgan fingerprint density at radius 3 is 2.18 bits per heavy atom. The number of nitrogens with zero attached hydrogens (tertiary/aromatic N) is 1. The van der Waals surface area contributed by atoms with Gasteiger partial charge in [-0.1, -0.05) is 19.3 Å². The first-order chi connectivity index (χ1) is 18.8. The van der Waals surface area contributed by atoms with E-state index in [0.717, 1.165) is 50.7 Å². The van der Waals surface area contributed by atoms with E-state index in [1.54, 1.807) is 0 Å². The highest BCUT2D eigenvalue weighted by Gasteiger charge is 2.42. The van der Waals surface area contributed by atoms with Crippen LogP contribution in [0.25, 0.3) is 0 Å². The van der Waals surface area contributed by atoms with E-state index in [0.29, 0.717) is 50.4 Å². The van der Waals surface area contributed by atoms with Gasteiger partial charge >= 0.3 is 17.9 Å².